The Kier molecular flexibility index (Phi) is 3.18. The topological polar surface area (TPSA) is 56.5 Å². The lowest BCUT2D eigenvalue weighted by Gasteiger charge is -2.02. The summed E-state index contributed by atoms with van der Waals surface area (Å²) in [5.74, 6) is -0.349. The van der Waals surface area contributed by atoms with Crippen molar-refractivity contribution in [3.8, 4) is 0 Å². The van der Waals surface area contributed by atoms with Crippen LogP contribution in [0.4, 0.5) is 0 Å². The molecule has 2 rings (SSSR count). The number of carbonyl (C=O) groups excluding carboxylic acids is 1. The van der Waals surface area contributed by atoms with Gasteiger partial charge in [-0.1, -0.05) is 5.57 Å². The predicted octanol–water partition coefficient (Wildman–Crippen LogP) is 1.85. The fourth-order valence-electron chi connectivity index (χ4n) is 1.32. The maximum atomic E-state index is 11.7. The lowest BCUT2D eigenvalue weighted by Crippen LogP contribution is -2.06. The molecule has 0 aliphatic rings. The maximum Gasteiger partial charge on any atom is 0.339 e. The van der Waals surface area contributed by atoms with Gasteiger partial charge in [0.2, 0.25) is 0 Å². The van der Waals surface area contributed by atoms with Crippen LogP contribution in [0, 0.1) is 0 Å². The van der Waals surface area contributed by atoms with E-state index < -0.39 is 0 Å². The number of allylic oxidation sites excluding steroid dienone is 1. The Morgan fingerprint density at radius 1 is 1.47 bits per heavy atom. The smallest absolute Gasteiger partial charge is 0.339 e. The SMILES string of the molecule is CC(C)=CCOC(=O)c1ccc2nncn2c1. The van der Waals surface area contributed by atoms with Gasteiger partial charge in [0.05, 0.1) is 5.56 Å². The Labute approximate surface area is 98.7 Å². The molecule has 0 atom stereocenters. The summed E-state index contributed by atoms with van der Waals surface area (Å²) in [5, 5.41) is 7.59. The number of ether oxygens (including phenoxy) is 1. The first-order chi connectivity index (χ1) is 8.16. The molecule has 0 aromatic carbocycles. The third kappa shape index (κ3) is 2.69. The average Bonchev–Trinajstić information content (AvgIpc) is 2.75. The molecule has 0 saturated heterocycles. The van der Waals surface area contributed by atoms with Gasteiger partial charge in [0, 0.05) is 6.20 Å². The quantitative estimate of drug-likeness (QED) is 0.597. The summed E-state index contributed by atoms with van der Waals surface area (Å²) in [6, 6.07) is 3.40. The average molecular weight is 231 g/mol. The van der Waals surface area contributed by atoms with E-state index >= 15 is 0 Å². The van der Waals surface area contributed by atoms with E-state index in [2.05, 4.69) is 10.2 Å². The molecule has 17 heavy (non-hydrogen) atoms. The van der Waals surface area contributed by atoms with Gasteiger partial charge in [-0.05, 0) is 32.1 Å². The first kappa shape index (κ1) is 11.3. The van der Waals surface area contributed by atoms with Gasteiger partial charge in [-0.3, -0.25) is 4.40 Å². The largest absolute Gasteiger partial charge is 0.458 e. The molecule has 2 heterocycles. The van der Waals surface area contributed by atoms with Crippen molar-refractivity contribution in [1.29, 1.82) is 0 Å². The number of rotatable bonds is 3. The van der Waals surface area contributed by atoms with Gasteiger partial charge in [-0.15, -0.1) is 10.2 Å². The van der Waals surface area contributed by atoms with Gasteiger partial charge in [-0.2, -0.15) is 0 Å². The number of fused-ring (bicyclic) bond motifs is 1. The summed E-state index contributed by atoms with van der Waals surface area (Å²) in [6.45, 7) is 4.20. The third-order valence-corrected chi connectivity index (χ3v) is 2.23. The Hall–Kier alpha value is -2.17. The number of nitrogens with zero attached hydrogens (tertiary/aromatic N) is 3. The molecule has 5 nitrogen and oxygen atoms in total. The first-order valence-electron chi connectivity index (χ1n) is 5.27. The minimum absolute atomic E-state index is 0.293. The maximum absolute atomic E-state index is 11.7. The molecular weight excluding hydrogens is 218 g/mol. The molecule has 0 N–H and O–H groups in total. The van der Waals surface area contributed by atoms with Crippen molar-refractivity contribution < 1.29 is 9.53 Å². The molecule has 0 radical (unpaired) electrons. The normalized spacial score (nSPS) is 10.2. The van der Waals surface area contributed by atoms with E-state index in [0.717, 1.165) is 5.57 Å². The van der Waals surface area contributed by atoms with Gasteiger partial charge in [-0.25, -0.2) is 4.79 Å². The van der Waals surface area contributed by atoms with Crippen LogP contribution in [0.5, 0.6) is 0 Å². The molecule has 2 aromatic rings. The minimum atomic E-state index is -0.349. The number of esters is 1. The highest BCUT2D eigenvalue weighted by Gasteiger charge is 2.07. The number of hydrogen-bond donors (Lipinski definition) is 0. The Balaban J connectivity index is 2.10. The van der Waals surface area contributed by atoms with Crippen molar-refractivity contribution in [2.24, 2.45) is 0 Å². The highest BCUT2D eigenvalue weighted by atomic mass is 16.5. The zero-order valence-corrected chi connectivity index (χ0v) is 9.75. The molecule has 0 aliphatic carbocycles. The summed E-state index contributed by atoms with van der Waals surface area (Å²) < 4.78 is 6.77. The van der Waals surface area contributed by atoms with Gasteiger partial charge >= 0.3 is 5.97 Å². The number of pyridine rings is 1. The zero-order chi connectivity index (χ0) is 12.3. The number of aromatic nitrogens is 3. The van der Waals surface area contributed by atoms with Crippen LogP contribution in [-0.4, -0.2) is 27.2 Å². The lowest BCUT2D eigenvalue weighted by atomic mass is 10.3. The van der Waals surface area contributed by atoms with Crippen LogP contribution in [0.1, 0.15) is 24.2 Å². The molecule has 0 fully saturated rings. The van der Waals surface area contributed by atoms with Crippen LogP contribution in [0.2, 0.25) is 0 Å². The molecular formula is C12H13N3O2. The van der Waals surface area contributed by atoms with Crippen molar-refractivity contribution in [3.63, 3.8) is 0 Å². The molecule has 0 saturated carbocycles. The fourth-order valence-corrected chi connectivity index (χ4v) is 1.32. The van der Waals surface area contributed by atoms with Gasteiger partial charge in [0.1, 0.15) is 12.9 Å². The molecule has 2 aromatic heterocycles. The van der Waals surface area contributed by atoms with E-state index in [-0.39, 0.29) is 5.97 Å². The molecule has 0 unspecified atom stereocenters. The van der Waals surface area contributed by atoms with Crippen LogP contribution in [0.3, 0.4) is 0 Å². The minimum Gasteiger partial charge on any atom is -0.458 e. The summed E-state index contributed by atoms with van der Waals surface area (Å²) in [4.78, 5) is 11.7. The highest BCUT2D eigenvalue weighted by molar-refractivity contribution is 5.89. The van der Waals surface area contributed by atoms with E-state index in [1.54, 1.807) is 29.1 Å². The molecule has 0 aliphatic heterocycles. The van der Waals surface area contributed by atoms with Crippen LogP contribution in [0.25, 0.3) is 5.65 Å². The van der Waals surface area contributed by atoms with E-state index in [1.165, 1.54) is 0 Å². The van der Waals surface area contributed by atoms with E-state index in [4.69, 9.17) is 4.74 Å². The van der Waals surface area contributed by atoms with Gasteiger partial charge in [0.15, 0.2) is 5.65 Å². The summed E-state index contributed by atoms with van der Waals surface area (Å²) >= 11 is 0. The monoisotopic (exact) mass is 231 g/mol. The van der Waals surface area contributed by atoms with Crippen LogP contribution >= 0.6 is 0 Å². The molecule has 88 valence electrons. The van der Waals surface area contributed by atoms with E-state index in [9.17, 15) is 4.79 Å². The van der Waals surface area contributed by atoms with Crippen molar-refractivity contribution >= 4 is 11.6 Å². The first-order valence-corrected chi connectivity index (χ1v) is 5.27. The van der Waals surface area contributed by atoms with E-state index in [1.807, 2.05) is 19.9 Å². The molecule has 0 amide bonds. The molecule has 0 bridgehead atoms. The fraction of sp³-hybridized carbons (Fsp3) is 0.250. The Morgan fingerprint density at radius 3 is 3.06 bits per heavy atom. The van der Waals surface area contributed by atoms with E-state index in [0.29, 0.717) is 17.8 Å². The Morgan fingerprint density at radius 2 is 2.29 bits per heavy atom. The van der Waals surface area contributed by atoms with Crippen molar-refractivity contribution in [2.45, 2.75) is 13.8 Å². The van der Waals surface area contributed by atoms with Gasteiger partial charge < -0.3 is 4.74 Å². The summed E-state index contributed by atoms with van der Waals surface area (Å²) in [5.41, 5.74) is 2.30. The van der Waals surface area contributed by atoms with Crippen LogP contribution in [-0.2, 0) is 4.74 Å². The number of carbonyl (C=O) groups is 1. The Bertz CT molecular complexity index is 568. The van der Waals surface area contributed by atoms with Crippen LogP contribution in [0.15, 0.2) is 36.3 Å². The van der Waals surface area contributed by atoms with Gasteiger partial charge in [0.25, 0.3) is 0 Å². The second kappa shape index (κ2) is 4.78. The van der Waals surface area contributed by atoms with Crippen molar-refractivity contribution in [2.75, 3.05) is 6.61 Å². The third-order valence-electron chi connectivity index (χ3n) is 2.23. The van der Waals surface area contributed by atoms with Crippen LogP contribution < -0.4 is 0 Å². The summed E-state index contributed by atoms with van der Waals surface area (Å²) in [7, 11) is 0. The van der Waals surface area contributed by atoms with Crippen molar-refractivity contribution in [3.05, 3.63) is 41.9 Å². The van der Waals surface area contributed by atoms with Crippen molar-refractivity contribution in [1.82, 2.24) is 14.6 Å². The second-order valence-corrected chi connectivity index (χ2v) is 3.89. The zero-order valence-electron chi connectivity index (χ0n) is 9.75. The second-order valence-electron chi connectivity index (χ2n) is 3.89. The summed E-state index contributed by atoms with van der Waals surface area (Å²) in [6.07, 6.45) is 5.05. The number of hydrogen-bond acceptors (Lipinski definition) is 4. The standard InChI is InChI=1S/C12H13N3O2/c1-9(2)5-6-17-12(16)10-3-4-11-14-13-8-15(11)7-10/h3-5,7-8H,6H2,1-2H3. The lowest BCUT2D eigenvalue weighted by molar-refractivity contribution is 0.0548. The molecule has 5 heteroatoms. The molecule has 0 spiro atoms. The highest BCUT2D eigenvalue weighted by Crippen LogP contribution is 2.05. The predicted molar refractivity (Wildman–Crippen MR) is 62.7 cm³/mol.